The Morgan fingerprint density at radius 1 is 1.05 bits per heavy atom. The fraction of sp³-hybridized carbons (Fsp3) is 0.421. The number of nitrogens with one attached hydrogen (secondary N) is 1. The molecule has 3 nitrogen and oxygen atoms in total. The average Bonchev–Trinajstić information content (AvgIpc) is 2.44. The number of unbranched alkanes of at least 4 members (excludes halogenated alkanes) is 1. The summed E-state index contributed by atoms with van der Waals surface area (Å²) in [6.45, 7) is 9.93. The summed E-state index contributed by atoms with van der Waals surface area (Å²) in [5.74, 6) is 0. The third-order valence-corrected chi connectivity index (χ3v) is 3.83. The maximum atomic E-state index is 12.2. The second kappa shape index (κ2) is 7.41. The second-order valence-electron chi connectivity index (χ2n) is 6.05. The molecule has 2 rings (SSSR count). The molecule has 1 heterocycles. The molecule has 1 aromatic heterocycles. The van der Waals surface area contributed by atoms with Crippen molar-refractivity contribution in [2.24, 2.45) is 0 Å². The van der Waals surface area contributed by atoms with Crippen LogP contribution in [0.15, 0.2) is 35.3 Å². The van der Waals surface area contributed by atoms with Crippen LogP contribution in [0, 0.1) is 20.8 Å². The maximum absolute atomic E-state index is 12.2. The molecule has 2 aromatic rings. The van der Waals surface area contributed by atoms with E-state index >= 15 is 0 Å². The van der Waals surface area contributed by atoms with Crippen LogP contribution in [0.3, 0.4) is 0 Å². The Balaban J connectivity index is 2.33. The molecule has 0 aliphatic rings. The Labute approximate surface area is 133 Å². The molecule has 0 atom stereocenters. The van der Waals surface area contributed by atoms with Crippen LogP contribution in [-0.2, 0) is 6.54 Å². The molecule has 1 aromatic carbocycles. The van der Waals surface area contributed by atoms with Gasteiger partial charge in [-0.15, -0.1) is 0 Å². The van der Waals surface area contributed by atoms with Crippen molar-refractivity contribution in [2.45, 2.75) is 47.1 Å². The van der Waals surface area contributed by atoms with E-state index in [1.807, 2.05) is 13.1 Å². The first kappa shape index (κ1) is 16.5. The molecule has 0 unspecified atom stereocenters. The molecule has 0 saturated heterocycles. The van der Waals surface area contributed by atoms with Gasteiger partial charge in [0.05, 0.1) is 0 Å². The van der Waals surface area contributed by atoms with Crippen LogP contribution >= 0.6 is 0 Å². The zero-order chi connectivity index (χ0) is 16.1. The molecular weight excluding hydrogens is 272 g/mol. The lowest BCUT2D eigenvalue weighted by atomic mass is 10.1. The van der Waals surface area contributed by atoms with Crippen LogP contribution in [-0.4, -0.2) is 11.1 Å². The lowest BCUT2D eigenvalue weighted by molar-refractivity contribution is 0.637. The van der Waals surface area contributed by atoms with Crippen LogP contribution < -0.4 is 10.7 Å². The number of hydrogen-bond acceptors (Lipinski definition) is 2. The van der Waals surface area contributed by atoms with E-state index in [1.54, 1.807) is 6.07 Å². The highest BCUT2D eigenvalue weighted by Gasteiger charge is 2.06. The fourth-order valence-corrected chi connectivity index (χ4v) is 2.70. The highest BCUT2D eigenvalue weighted by atomic mass is 16.1. The number of benzene rings is 1. The van der Waals surface area contributed by atoms with Crippen LogP contribution in [0.5, 0.6) is 0 Å². The molecular formula is C19H26N2O. The molecule has 0 spiro atoms. The van der Waals surface area contributed by atoms with Crippen molar-refractivity contribution in [3.05, 3.63) is 63.1 Å². The van der Waals surface area contributed by atoms with Crippen molar-refractivity contribution in [2.75, 3.05) is 6.54 Å². The van der Waals surface area contributed by atoms with Gasteiger partial charge in [-0.25, -0.2) is 0 Å². The van der Waals surface area contributed by atoms with E-state index in [4.69, 9.17) is 0 Å². The molecule has 0 aliphatic heterocycles. The van der Waals surface area contributed by atoms with Gasteiger partial charge in [0.15, 0.2) is 5.43 Å². The fourth-order valence-electron chi connectivity index (χ4n) is 2.70. The summed E-state index contributed by atoms with van der Waals surface area (Å²) < 4.78 is 2.11. The molecule has 0 aliphatic carbocycles. The highest BCUT2D eigenvalue weighted by Crippen LogP contribution is 2.15. The number of nitrogens with zero attached hydrogens (tertiary/aromatic N) is 1. The van der Waals surface area contributed by atoms with E-state index in [1.165, 1.54) is 11.1 Å². The number of rotatable bonds is 6. The van der Waals surface area contributed by atoms with E-state index in [0.717, 1.165) is 36.3 Å². The first-order chi connectivity index (χ1) is 10.5. The Morgan fingerprint density at radius 3 is 2.36 bits per heavy atom. The Kier molecular flexibility index (Phi) is 5.56. The Bertz CT molecular complexity index is 681. The molecule has 1 N–H and O–H groups in total. The van der Waals surface area contributed by atoms with E-state index in [0.29, 0.717) is 6.54 Å². The maximum Gasteiger partial charge on any atom is 0.186 e. The van der Waals surface area contributed by atoms with Crippen molar-refractivity contribution in [3.63, 3.8) is 0 Å². The number of pyridine rings is 1. The lowest BCUT2D eigenvalue weighted by Crippen LogP contribution is -2.22. The summed E-state index contributed by atoms with van der Waals surface area (Å²) in [7, 11) is 0. The van der Waals surface area contributed by atoms with E-state index in [-0.39, 0.29) is 5.43 Å². The van der Waals surface area contributed by atoms with Crippen molar-refractivity contribution < 1.29 is 0 Å². The molecule has 0 bridgehead atoms. The third kappa shape index (κ3) is 4.08. The van der Waals surface area contributed by atoms with Crippen LogP contribution in [0.25, 0.3) is 5.69 Å². The molecule has 3 heteroatoms. The lowest BCUT2D eigenvalue weighted by Gasteiger charge is -2.14. The van der Waals surface area contributed by atoms with Crippen molar-refractivity contribution in [1.82, 2.24) is 9.88 Å². The Morgan fingerprint density at radius 2 is 1.73 bits per heavy atom. The largest absolute Gasteiger partial charge is 0.321 e. The summed E-state index contributed by atoms with van der Waals surface area (Å²) in [4.78, 5) is 12.2. The zero-order valence-electron chi connectivity index (χ0n) is 14.1. The molecule has 118 valence electrons. The summed E-state index contributed by atoms with van der Waals surface area (Å²) >= 11 is 0. The van der Waals surface area contributed by atoms with E-state index < -0.39 is 0 Å². The standard InChI is InChI=1S/C19H26N2O/c1-5-6-7-20-12-17-13-21(16(4)11-19(17)22)18-9-14(2)8-15(3)10-18/h8-11,13,20H,5-7,12H2,1-4H3. The SMILES string of the molecule is CCCCNCc1cn(-c2cc(C)cc(C)c2)c(C)cc1=O. The molecule has 0 saturated carbocycles. The summed E-state index contributed by atoms with van der Waals surface area (Å²) in [6, 6.07) is 8.20. The quantitative estimate of drug-likeness (QED) is 0.826. The van der Waals surface area contributed by atoms with Gasteiger partial charge in [0.1, 0.15) is 0 Å². The predicted molar refractivity (Wildman–Crippen MR) is 92.9 cm³/mol. The average molecular weight is 298 g/mol. The normalized spacial score (nSPS) is 10.9. The molecule has 0 amide bonds. The minimum Gasteiger partial charge on any atom is -0.321 e. The van der Waals surface area contributed by atoms with Gasteiger partial charge >= 0.3 is 0 Å². The summed E-state index contributed by atoms with van der Waals surface area (Å²) in [6.07, 6.45) is 4.27. The third-order valence-electron chi connectivity index (χ3n) is 3.83. The van der Waals surface area contributed by atoms with E-state index in [2.05, 4.69) is 48.9 Å². The van der Waals surface area contributed by atoms with Crippen molar-refractivity contribution in [3.8, 4) is 5.69 Å². The summed E-state index contributed by atoms with van der Waals surface area (Å²) in [5, 5.41) is 3.35. The summed E-state index contributed by atoms with van der Waals surface area (Å²) in [5.41, 5.74) is 5.48. The minimum atomic E-state index is 0.113. The van der Waals surface area contributed by atoms with Gasteiger partial charge in [-0.1, -0.05) is 19.4 Å². The van der Waals surface area contributed by atoms with Crippen molar-refractivity contribution >= 4 is 0 Å². The van der Waals surface area contributed by atoms with Gasteiger partial charge in [-0.05, 0) is 57.0 Å². The number of aromatic nitrogens is 1. The monoisotopic (exact) mass is 298 g/mol. The smallest absolute Gasteiger partial charge is 0.186 e. The van der Waals surface area contributed by atoms with Crippen molar-refractivity contribution in [1.29, 1.82) is 0 Å². The molecule has 22 heavy (non-hydrogen) atoms. The number of aryl methyl sites for hydroxylation is 3. The minimum absolute atomic E-state index is 0.113. The predicted octanol–water partition coefficient (Wildman–Crippen LogP) is 3.65. The topological polar surface area (TPSA) is 34.0 Å². The highest BCUT2D eigenvalue weighted by molar-refractivity contribution is 5.41. The molecule has 0 fully saturated rings. The van der Waals surface area contributed by atoms with E-state index in [9.17, 15) is 4.79 Å². The molecule has 0 radical (unpaired) electrons. The number of hydrogen-bond donors (Lipinski definition) is 1. The van der Waals surface area contributed by atoms with Gasteiger partial charge in [-0.3, -0.25) is 4.79 Å². The van der Waals surface area contributed by atoms with Crippen LogP contribution in [0.2, 0.25) is 0 Å². The van der Waals surface area contributed by atoms with Crippen LogP contribution in [0.4, 0.5) is 0 Å². The van der Waals surface area contributed by atoms with Gasteiger partial charge in [0.2, 0.25) is 0 Å². The first-order valence-corrected chi connectivity index (χ1v) is 8.03. The van der Waals surface area contributed by atoms with Gasteiger partial charge in [0, 0.05) is 35.8 Å². The second-order valence-corrected chi connectivity index (χ2v) is 6.05. The Hall–Kier alpha value is -1.87. The van der Waals surface area contributed by atoms with Gasteiger partial charge in [0.25, 0.3) is 0 Å². The zero-order valence-corrected chi connectivity index (χ0v) is 14.1. The first-order valence-electron chi connectivity index (χ1n) is 8.03. The van der Waals surface area contributed by atoms with Gasteiger partial charge < -0.3 is 9.88 Å². The van der Waals surface area contributed by atoms with Gasteiger partial charge in [-0.2, -0.15) is 0 Å². The van der Waals surface area contributed by atoms with Crippen LogP contribution in [0.1, 0.15) is 42.1 Å².